The predicted molar refractivity (Wildman–Crippen MR) is 65.6 cm³/mol. The topological polar surface area (TPSA) is 41.1 Å². The minimum Gasteiger partial charge on any atom is -0.322 e. The summed E-state index contributed by atoms with van der Waals surface area (Å²) in [5.74, 6) is -0.579. The Labute approximate surface area is 104 Å². The van der Waals surface area contributed by atoms with E-state index >= 15 is 0 Å². The molecular formula is C12H14ClFN2O. The molecule has 2 atom stereocenters. The summed E-state index contributed by atoms with van der Waals surface area (Å²) in [4.78, 5) is 12.0. The molecule has 1 heterocycles. The maximum absolute atomic E-state index is 13.5. The Kier molecular flexibility index (Phi) is 3.64. The molecule has 1 amide bonds. The van der Waals surface area contributed by atoms with E-state index in [2.05, 4.69) is 10.6 Å². The number of halogens is 2. The standard InChI is InChI=1S/C12H14ClFN2O/c1-7-5-15-6-8(7)12(17)16-11-9(13)3-2-4-10(11)14/h2-4,7-8,15H,5-6H2,1H3,(H,16,17)/t7-,8-/m1/s1. The van der Waals surface area contributed by atoms with Crippen LogP contribution in [0.3, 0.4) is 0 Å². The quantitative estimate of drug-likeness (QED) is 0.852. The maximum Gasteiger partial charge on any atom is 0.229 e. The van der Waals surface area contributed by atoms with E-state index in [1.54, 1.807) is 6.07 Å². The van der Waals surface area contributed by atoms with Crippen molar-refractivity contribution in [2.75, 3.05) is 18.4 Å². The number of amides is 1. The summed E-state index contributed by atoms with van der Waals surface area (Å²) >= 11 is 5.85. The smallest absolute Gasteiger partial charge is 0.229 e. The van der Waals surface area contributed by atoms with Crippen LogP contribution in [-0.4, -0.2) is 19.0 Å². The van der Waals surface area contributed by atoms with Crippen LogP contribution in [0.2, 0.25) is 5.02 Å². The minimum atomic E-state index is -0.510. The molecule has 0 radical (unpaired) electrons. The van der Waals surface area contributed by atoms with Gasteiger partial charge in [-0.25, -0.2) is 4.39 Å². The summed E-state index contributed by atoms with van der Waals surface area (Å²) in [6.07, 6.45) is 0. The molecule has 0 aliphatic carbocycles. The van der Waals surface area contributed by atoms with Crippen LogP contribution < -0.4 is 10.6 Å². The zero-order valence-corrected chi connectivity index (χ0v) is 10.2. The molecule has 0 bridgehead atoms. The normalized spacial score (nSPS) is 23.7. The van der Waals surface area contributed by atoms with Crippen LogP contribution in [0.5, 0.6) is 0 Å². The lowest BCUT2D eigenvalue weighted by Crippen LogP contribution is -2.28. The average Bonchev–Trinajstić information content (AvgIpc) is 2.70. The molecule has 2 rings (SSSR count). The van der Waals surface area contributed by atoms with Crippen LogP contribution >= 0.6 is 11.6 Å². The van der Waals surface area contributed by atoms with E-state index in [4.69, 9.17) is 11.6 Å². The Morgan fingerprint density at radius 2 is 2.29 bits per heavy atom. The molecule has 1 saturated heterocycles. The van der Waals surface area contributed by atoms with E-state index in [1.807, 2.05) is 6.92 Å². The molecule has 1 aromatic carbocycles. The van der Waals surface area contributed by atoms with Crippen molar-refractivity contribution in [3.63, 3.8) is 0 Å². The first-order chi connectivity index (χ1) is 8.09. The van der Waals surface area contributed by atoms with Gasteiger partial charge in [0.15, 0.2) is 0 Å². The zero-order chi connectivity index (χ0) is 12.4. The first kappa shape index (κ1) is 12.3. The molecule has 0 aromatic heterocycles. The molecule has 0 saturated carbocycles. The highest BCUT2D eigenvalue weighted by atomic mass is 35.5. The van der Waals surface area contributed by atoms with Gasteiger partial charge >= 0.3 is 0 Å². The third-order valence-electron chi connectivity index (χ3n) is 3.07. The number of carbonyl (C=O) groups is 1. The number of hydrogen-bond acceptors (Lipinski definition) is 2. The van der Waals surface area contributed by atoms with Crippen molar-refractivity contribution >= 4 is 23.2 Å². The summed E-state index contributed by atoms with van der Waals surface area (Å²) in [7, 11) is 0. The van der Waals surface area contributed by atoms with E-state index in [-0.39, 0.29) is 28.5 Å². The highest BCUT2D eigenvalue weighted by molar-refractivity contribution is 6.33. The van der Waals surface area contributed by atoms with E-state index in [0.717, 1.165) is 6.54 Å². The Morgan fingerprint density at radius 3 is 2.88 bits per heavy atom. The number of nitrogens with one attached hydrogen (secondary N) is 2. The molecule has 3 nitrogen and oxygen atoms in total. The SMILES string of the molecule is C[C@@H]1CNC[C@H]1C(=O)Nc1c(F)cccc1Cl. The second-order valence-corrected chi connectivity index (χ2v) is 4.74. The van der Waals surface area contributed by atoms with Crippen molar-refractivity contribution in [1.29, 1.82) is 0 Å². The van der Waals surface area contributed by atoms with Gasteiger partial charge in [-0.15, -0.1) is 0 Å². The van der Waals surface area contributed by atoms with Gasteiger partial charge in [-0.05, 0) is 24.6 Å². The van der Waals surface area contributed by atoms with Gasteiger partial charge in [-0.2, -0.15) is 0 Å². The Hall–Kier alpha value is -1.13. The Balaban J connectivity index is 2.13. The Morgan fingerprint density at radius 1 is 1.53 bits per heavy atom. The summed E-state index contributed by atoms with van der Waals surface area (Å²) in [5.41, 5.74) is 0.0678. The fourth-order valence-corrected chi connectivity index (χ4v) is 2.20. The summed E-state index contributed by atoms with van der Waals surface area (Å²) in [6, 6.07) is 4.33. The number of carbonyl (C=O) groups excluding carboxylic acids is 1. The fraction of sp³-hybridized carbons (Fsp3) is 0.417. The predicted octanol–water partition coefficient (Wildman–Crippen LogP) is 2.27. The van der Waals surface area contributed by atoms with Gasteiger partial charge in [-0.3, -0.25) is 4.79 Å². The van der Waals surface area contributed by atoms with Gasteiger partial charge in [0.1, 0.15) is 5.82 Å². The van der Waals surface area contributed by atoms with Crippen LogP contribution in [0.1, 0.15) is 6.92 Å². The van der Waals surface area contributed by atoms with Gasteiger partial charge in [-0.1, -0.05) is 24.6 Å². The molecule has 1 fully saturated rings. The van der Waals surface area contributed by atoms with Gasteiger partial charge in [0.25, 0.3) is 0 Å². The van der Waals surface area contributed by atoms with Crippen molar-refractivity contribution < 1.29 is 9.18 Å². The zero-order valence-electron chi connectivity index (χ0n) is 9.47. The molecule has 2 N–H and O–H groups in total. The molecule has 1 aliphatic heterocycles. The highest BCUT2D eigenvalue weighted by Gasteiger charge is 2.30. The van der Waals surface area contributed by atoms with Crippen molar-refractivity contribution in [3.05, 3.63) is 29.0 Å². The summed E-state index contributed by atoms with van der Waals surface area (Å²) in [5, 5.41) is 5.91. The van der Waals surface area contributed by atoms with E-state index < -0.39 is 5.82 Å². The monoisotopic (exact) mass is 256 g/mol. The first-order valence-corrected chi connectivity index (χ1v) is 5.93. The van der Waals surface area contributed by atoms with E-state index in [1.165, 1.54) is 12.1 Å². The fourth-order valence-electron chi connectivity index (χ4n) is 1.99. The van der Waals surface area contributed by atoms with Gasteiger partial charge in [0.2, 0.25) is 5.91 Å². The van der Waals surface area contributed by atoms with Crippen molar-refractivity contribution in [3.8, 4) is 0 Å². The first-order valence-electron chi connectivity index (χ1n) is 5.55. The van der Waals surface area contributed by atoms with Gasteiger partial charge < -0.3 is 10.6 Å². The van der Waals surface area contributed by atoms with Gasteiger partial charge in [0, 0.05) is 6.54 Å². The van der Waals surface area contributed by atoms with Crippen molar-refractivity contribution in [1.82, 2.24) is 5.32 Å². The van der Waals surface area contributed by atoms with Crippen LogP contribution in [0.25, 0.3) is 0 Å². The third kappa shape index (κ3) is 2.58. The van der Waals surface area contributed by atoms with E-state index in [9.17, 15) is 9.18 Å². The molecule has 0 spiro atoms. The molecule has 92 valence electrons. The van der Waals surface area contributed by atoms with Crippen molar-refractivity contribution in [2.45, 2.75) is 6.92 Å². The lowest BCUT2D eigenvalue weighted by Gasteiger charge is -2.15. The lowest BCUT2D eigenvalue weighted by atomic mass is 9.97. The molecule has 5 heteroatoms. The number of anilines is 1. The second kappa shape index (κ2) is 5.02. The van der Waals surface area contributed by atoms with Gasteiger partial charge in [0.05, 0.1) is 16.6 Å². The van der Waals surface area contributed by atoms with Crippen LogP contribution in [0.15, 0.2) is 18.2 Å². The molecule has 0 unspecified atom stereocenters. The number of benzene rings is 1. The minimum absolute atomic E-state index is 0.0678. The molecule has 1 aromatic rings. The maximum atomic E-state index is 13.5. The number of rotatable bonds is 2. The summed E-state index contributed by atoms with van der Waals surface area (Å²) < 4.78 is 13.5. The number of para-hydroxylation sites is 1. The van der Waals surface area contributed by atoms with Crippen LogP contribution in [-0.2, 0) is 4.79 Å². The molecule has 1 aliphatic rings. The highest BCUT2D eigenvalue weighted by Crippen LogP contribution is 2.26. The largest absolute Gasteiger partial charge is 0.322 e. The molecule has 17 heavy (non-hydrogen) atoms. The third-order valence-corrected chi connectivity index (χ3v) is 3.38. The Bertz CT molecular complexity index is 418. The average molecular weight is 257 g/mol. The van der Waals surface area contributed by atoms with E-state index in [0.29, 0.717) is 6.54 Å². The van der Waals surface area contributed by atoms with Crippen LogP contribution in [0, 0.1) is 17.7 Å². The number of hydrogen-bond donors (Lipinski definition) is 2. The van der Waals surface area contributed by atoms with Crippen LogP contribution in [0.4, 0.5) is 10.1 Å². The lowest BCUT2D eigenvalue weighted by molar-refractivity contribution is -0.120. The molecular weight excluding hydrogens is 243 g/mol. The second-order valence-electron chi connectivity index (χ2n) is 4.33. The summed E-state index contributed by atoms with van der Waals surface area (Å²) in [6.45, 7) is 3.43. The van der Waals surface area contributed by atoms with Crippen molar-refractivity contribution in [2.24, 2.45) is 11.8 Å².